The van der Waals surface area contributed by atoms with Crippen LogP contribution in [0.25, 0.3) is 38.8 Å². The Bertz CT molecular complexity index is 3250. The van der Waals surface area contributed by atoms with Gasteiger partial charge in [-0.25, -0.2) is 35.9 Å². The number of carbonyl (C=O) groups is 1. The predicted molar refractivity (Wildman–Crippen MR) is 218 cm³/mol. The van der Waals surface area contributed by atoms with Crippen molar-refractivity contribution >= 4 is 55.2 Å². The van der Waals surface area contributed by atoms with Crippen LogP contribution in [0.15, 0.2) is 59.5 Å². The van der Waals surface area contributed by atoms with E-state index in [9.17, 15) is 30.8 Å². The van der Waals surface area contributed by atoms with Crippen LogP contribution in [-0.2, 0) is 40.8 Å². The Morgan fingerprint density at radius 1 is 1.03 bits per heavy atom. The third-order valence-corrected chi connectivity index (χ3v) is 12.0. The molecular weight excluding hydrogens is 878 g/mol. The topological polar surface area (TPSA) is 172 Å². The average Bonchev–Trinajstić information content (AvgIpc) is 3.73. The van der Waals surface area contributed by atoms with Gasteiger partial charge in [-0.05, 0) is 68.1 Å². The number of nitrogens with zero attached hydrogens (tertiary/aromatic N) is 8. The minimum absolute atomic E-state index is 0.00673. The molecule has 1 saturated carbocycles. The smallest absolute Gasteiger partial charge is 0.293 e. The molecule has 0 saturated heterocycles. The standard InChI is InChI=1S/C41H33ClF6N10O4S/c1-17-15-49-18(2)33(50-17)20-5-6-23-27(12-20)52-39(58(40(23)60)29-8-7-26(42)32-35(29)56(3)54-38(32)55-63(4,61)62)28(11-19-9-21(43)13-22(44)10-19)51-30(59)16-57-36-31(34(53-57)37(45)46)24-14-25(24)41(36,47)48/h5-10,12-13,15,24-25,28,37H,11,14,16H2,1-4H3,(H,51,59)(H,54,55)/t24-,25+,28-/m0/s1. The molecule has 2 aliphatic carbocycles. The molecule has 0 unspecified atom stereocenters. The average molecular weight is 911 g/mol. The van der Waals surface area contributed by atoms with Crippen molar-refractivity contribution in [3.05, 3.63) is 121 Å². The van der Waals surface area contributed by atoms with E-state index in [1.54, 1.807) is 32.2 Å². The molecule has 14 nitrogen and oxygen atoms in total. The van der Waals surface area contributed by atoms with Crippen LogP contribution < -0.4 is 15.6 Å². The molecule has 4 aromatic heterocycles. The number of sulfonamides is 1. The van der Waals surface area contributed by atoms with Crippen LogP contribution >= 0.6 is 11.6 Å². The van der Waals surface area contributed by atoms with Gasteiger partial charge in [0.1, 0.15) is 35.4 Å². The summed E-state index contributed by atoms with van der Waals surface area (Å²) >= 11 is 6.64. The summed E-state index contributed by atoms with van der Waals surface area (Å²) in [6.45, 7) is 2.49. The fraction of sp³-hybridized carbons (Fsp3) is 0.293. The molecule has 4 heterocycles. The van der Waals surface area contributed by atoms with Gasteiger partial charge in [-0.2, -0.15) is 19.0 Å². The molecule has 3 atom stereocenters. The highest BCUT2D eigenvalue weighted by Crippen LogP contribution is 2.68. The number of amides is 1. The van der Waals surface area contributed by atoms with Crippen LogP contribution in [0.1, 0.15) is 64.5 Å². The van der Waals surface area contributed by atoms with Crippen molar-refractivity contribution in [2.45, 2.75) is 57.5 Å². The summed E-state index contributed by atoms with van der Waals surface area (Å²) in [7, 11) is -2.46. The van der Waals surface area contributed by atoms with E-state index in [0.29, 0.717) is 33.4 Å². The lowest BCUT2D eigenvalue weighted by Crippen LogP contribution is -2.38. The van der Waals surface area contributed by atoms with Crippen molar-refractivity contribution in [1.29, 1.82) is 0 Å². The van der Waals surface area contributed by atoms with Gasteiger partial charge in [0.15, 0.2) is 5.82 Å². The summed E-state index contributed by atoms with van der Waals surface area (Å²) in [5.74, 6) is -9.06. The van der Waals surface area contributed by atoms with Crippen molar-refractivity contribution < 1.29 is 39.6 Å². The fourth-order valence-electron chi connectivity index (χ4n) is 8.54. The van der Waals surface area contributed by atoms with Gasteiger partial charge in [0.25, 0.3) is 17.9 Å². The number of nitrogens with one attached hydrogen (secondary N) is 2. The van der Waals surface area contributed by atoms with Crippen molar-refractivity contribution in [3.63, 3.8) is 0 Å². The van der Waals surface area contributed by atoms with Crippen LogP contribution in [0.5, 0.6) is 0 Å². The molecule has 22 heteroatoms. The second kappa shape index (κ2) is 14.9. The number of fused-ring (bicyclic) bond motifs is 5. The highest BCUT2D eigenvalue weighted by Gasteiger charge is 2.67. The fourth-order valence-corrected chi connectivity index (χ4v) is 9.27. The molecule has 3 aromatic carbocycles. The quantitative estimate of drug-likeness (QED) is 0.129. The molecule has 2 aliphatic rings. The van der Waals surface area contributed by atoms with Crippen LogP contribution in [-0.4, -0.2) is 59.7 Å². The van der Waals surface area contributed by atoms with Crippen LogP contribution in [0.3, 0.4) is 0 Å². The van der Waals surface area contributed by atoms with Gasteiger partial charge in [-0.15, -0.1) is 0 Å². The lowest BCUT2D eigenvalue weighted by molar-refractivity contribution is -0.123. The maximum absolute atomic E-state index is 15.5. The first kappa shape index (κ1) is 42.0. The number of aromatic nitrogens is 8. The van der Waals surface area contributed by atoms with E-state index in [0.717, 1.165) is 23.0 Å². The van der Waals surface area contributed by atoms with E-state index in [4.69, 9.17) is 16.6 Å². The highest BCUT2D eigenvalue weighted by molar-refractivity contribution is 7.92. The van der Waals surface area contributed by atoms with E-state index in [2.05, 4.69) is 30.2 Å². The summed E-state index contributed by atoms with van der Waals surface area (Å²) in [4.78, 5) is 43.1. The molecule has 63 heavy (non-hydrogen) atoms. The molecule has 0 spiro atoms. The maximum atomic E-state index is 15.5. The number of aryl methyl sites for hydroxylation is 3. The van der Waals surface area contributed by atoms with Crippen molar-refractivity contribution in [1.82, 2.24) is 44.4 Å². The van der Waals surface area contributed by atoms with E-state index < -0.39 is 87.7 Å². The number of hydrogen-bond acceptors (Lipinski definition) is 9. The van der Waals surface area contributed by atoms with Gasteiger partial charge in [0, 0.05) is 42.8 Å². The van der Waals surface area contributed by atoms with E-state index >= 15 is 13.6 Å². The number of rotatable bonds is 11. The van der Waals surface area contributed by atoms with Gasteiger partial charge in [0.05, 0.1) is 61.9 Å². The summed E-state index contributed by atoms with van der Waals surface area (Å²) in [5, 5.41) is 10.9. The zero-order valence-electron chi connectivity index (χ0n) is 33.4. The highest BCUT2D eigenvalue weighted by atomic mass is 35.5. The molecule has 0 radical (unpaired) electrons. The maximum Gasteiger partial charge on any atom is 0.293 e. The van der Waals surface area contributed by atoms with Gasteiger partial charge >= 0.3 is 0 Å². The number of anilines is 1. The van der Waals surface area contributed by atoms with Crippen LogP contribution in [0.2, 0.25) is 5.02 Å². The summed E-state index contributed by atoms with van der Waals surface area (Å²) in [6, 6.07) is 8.53. The Balaban J connectivity index is 1.27. The largest absolute Gasteiger partial charge is 0.344 e. The molecule has 1 fully saturated rings. The van der Waals surface area contributed by atoms with Crippen molar-refractivity contribution in [3.8, 4) is 16.9 Å². The second-order valence-electron chi connectivity index (χ2n) is 15.7. The monoisotopic (exact) mass is 910 g/mol. The first-order valence-corrected chi connectivity index (χ1v) is 21.5. The zero-order valence-corrected chi connectivity index (χ0v) is 35.0. The number of carbonyl (C=O) groups excluding carboxylic acids is 1. The normalized spacial score (nSPS) is 17.0. The summed E-state index contributed by atoms with van der Waals surface area (Å²) in [5.41, 5.74) is -0.421. The molecule has 326 valence electrons. The molecule has 9 rings (SSSR count). The number of hydrogen-bond donors (Lipinski definition) is 2. The van der Waals surface area contributed by atoms with Gasteiger partial charge in [-0.3, -0.25) is 33.2 Å². The number of alkyl halides is 4. The third kappa shape index (κ3) is 7.35. The van der Waals surface area contributed by atoms with Crippen LogP contribution in [0, 0.1) is 31.4 Å². The Hall–Kier alpha value is -6.35. The first-order valence-electron chi connectivity index (χ1n) is 19.2. The molecule has 0 bridgehead atoms. The van der Waals surface area contributed by atoms with Crippen LogP contribution in [0.4, 0.5) is 32.2 Å². The van der Waals surface area contributed by atoms with E-state index in [1.165, 1.54) is 29.9 Å². The minimum atomic E-state index is -3.92. The lowest BCUT2D eigenvalue weighted by atomic mass is 10.0. The van der Waals surface area contributed by atoms with E-state index in [1.807, 2.05) is 0 Å². The molecule has 2 N–H and O–H groups in total. The Labute approximate surface area is 358 Å². The molecule has 7 aromatic rings. The number of benzene rings is 3. The van der Waals surface area contributed by atoms with Crippen molar-refractivity contribution in [2.75, 3.05) is 11.0 Å². The summed E-state index contributed by atoms with van der Waals surface area (Å²) in [6.07, 6.45) is -1.20. The lowest BCUT2D eigenvalue weighted by Gasteiger charge is -2.24. The van der Waals surface area contributed by atoms with E-state index in [-0.39, 0.29) is 61.7 Å². The van der Waals surface area contributed by atoms with Gasteiger partial charge < -0.3 is 5.32 Å². The SMILES string of the molecule is Cc1cnc(C)c(-c2ccc3c(=O)n(-c4ccc(Cl)c5c(NS(C)(=O)=O)nn(C)c45)c([C@H](Cc4cc(F)cc(F)c4)NC(=O)Cn4nc(C(F)F)c5c4C(F)(F)[C@@H]4C[C@H]54)nc3c2)n1. The zero-order chi connectivity index (χ0) is 45.0. The predicted octanol–water partition coefficient (Wildman–Crippen LogP) is 7.09. The minimum Gasteiger partial charge on any atom is -0.344 e. The second-order valence-corrected chi connectivity index (χ2v) is 17.9. The van der Waals surface area contributed by atoms with Crippen molar-refractivity contribution in [2.24, 2.45) is 13.0 Å². The Morgan fingerprint density at radius 2 is 1.76 bits per heavy atom. The third-order valence-electron chi connectivity index (χ3n) is 11.2. The molecular formula is C41H33ClF6N10O4S. The Kier molecular flexibility index (Phi) is 9.92. The number of halogens is 7. The summed E-state index contributed by atoms with van der Waals surface area (Å²) < 4.78 is 119. The molecule has 1 amide bonds. The van der Waals surface area contributed by atoms with Gasteiger partial charge in [-0.1, -0.05) is 17.7 Å². The van der Waals surface area contributed by atoms with Gasteiger partial charge in [0.2, 0.25) is 15.9 Å². The Morgan fingerprint density at radius 3 is 2.46 bits per heavy atom. The first-order chi connectivity index (χ1) is 29.7. The molecule has 0 aliphatic heterocycles.